The quantitative estimate of drug-likeness (QED) is 0.935. The molecule has 1 amide bonds. The molecule has 116 valence electrons. The largest absolute Gasteiger partial charge is 0.378 e. The van der Waals surface area contributed by atoms with Crippen LogP contribution in [0.5, 0.6) is 0 Å². The molecule has 2 aliphatic rings. The van der Waals surface area contributed by atoms with E-state index in [-0.39, 0.29) is 17.4 Å². The lowest BCUT2D eigenvalue weighted by molar-refractivity contribution is -0.169. The number of ether oxygens (including phenoxy) is 1. The topological polar surface area (TPSA) is 68.5 Å². The van der Waals surface area contributed by atoms with Gasteiger partial charge in [-0.3, -0.25) is 4.79 Å². The van der Waals surface area contributed by atoms with E-state index in [2.05, 4.69) is 15.3 Å². The van der Waals surface area contributed by atoms with Crippen LogP contribution in [0.1, 0.15) is 43.1 Å². The number of nitrogens with zero attached hydrogens (tertiary/aromatic N) is 3. The van der Waals surface area contributed by atoms with E-state index >= 15 is 0 Å². The van der Waals surface area contributed by atoms with Gasteiger partial charge in [0.05, 0.1) is 6.10 Å². The minimum atomic E-state index is -0.136. The first kappa shape index (κ1) is 13.7. The number of fused-ring (bicyclic) bond motifs is 1. The van der Waals surface area contributed by atoms with Crippen molar-refractivity contribution in [3.05, 3.63) is 30.5 Å². The van der Waals surface area contributed by atoms with Gasteiger partial charge in [0.1, 0.15) is 0 Å². The predicted molar refractivity (Wildman–Crippen MR) is 80.6 cm³/mol. The van der Waals surface area contributed by atoms with Gasteiger partial charge in [0.25, 0.3) is 5.91 Å². The number of amides is 1. The summed E-state index contributed by atoms with van der Waals surface area (Å²) in [6, 6.07) is 0.197. The third kappa shape index (κ3) is 1.86. The van der Waals surface area contributed by atoms with E-state index in [1.807, 2.05) is 17.5 Å². The van der Waals surface area contributed by atoms with E-state index in [1.165, 1.54) is 6.42 Å². The van der Waals surface area contributed by atoms with Gasteiger partial charge in [0, 0.05) is 42.9 Å². The number of hydrogen-bond donors (Lipinski definition) is 1. The van der Waals surface area contributed by atoms with Crippen molar-refractivity contribution in [3.63, 3.8) is 0 Å². The number of hydrogen-bond acceptors (Lipinski definition) is 4. The zero-order chi connectivity index (χ0) is 15.2. The normalized spacial score (nSPS) is 25.7. The molecule has 1 N–H and O–H groups in total. The smallest absolute Gasteiger partial charge is 0.273 e. The maximum Gasteiger partial charge on any atom is 0.273 e. The van der Waals surface area contributed by atoms with E-state index in [0.29, 0.717) is 17.4 Å². The van der Waals surface area contributed by atoms with E-state index in [9.17, 15) is 4.79 Å². The molecule has 2 saturated carbocycles. The van der Waals surface area contributed by atoms with Crippen molar-refractivity contribution < 1.29 is 9.53 Å². The Bertz CT molecular complexity index is 707. The minimum absolute atomic E-state index is 0.136. The van der Waals surface area contributed by atoms with E-state index < -0.39 is 0 Å². The summed E-state index contributed by atoms with van der Waals surface area (Å²) in [5.41, 5.74) is 1.15. The molecule has 0 unspecified atom stereocenters. The highest BCUT2D eigenvalue weighted by atomic mass is 16.5. The van der Waals surface area contributed by atoms with Crippen molar-refractivity contribution in [3.8, 4) is 0 Å². The molecule has 2 atom stereocenters. The second-order valence-corrected chi connectivity index (χ2v) is 6.23. The number of aromatic nitrogens is 3. The fraction of sp³-hybridized carbons (Fsp3) is 0.562. The van der Waals surface area contributed by atoms with Crippen LogP contribution < -0.4 is 5.32 Å². The highest BCUT2D eigenvalue weighted by Crippen LogP contribution is 2.57. The van der Waals surface area contributed by atoms with Gasteiger partial charge < -0.3 is 14.5 Å². The van der Waals surface area contributed by atoms with Gasteiger partial charge in [0.15, 0.2) is 11.3 Å². The van der Waals surface area contributed by atoms with Crippen LogP contribution in [0.15, 0.2) is 24.8 Å². The van der Waals surface area contributed by atoms with Crippen LogP contribution in [0.3, 0.4) is 0 Å². The molecule has 4 rings (SSSR count). The van der Waals surface area contributed by atoms with Gasteiger partial charge in [-0.25, -0.2) is 9.97 Å². The van der Waals surface area contributed by atoms with Crippen LogP contribution in [0.25, 0.3) is 5.65 Å². The fourth-order valence-electron chi connectivity index (χ4n) is 3.88. The number of nitrogens with one attached hydrogen (secondary N) is 1. The third-order valence-corrected chi connectivity index (χ3v) is 5.27. The average Bonchev–Trinajstić information content (AvgIpc) is 2.92. The first-order chi connectivity index (χ1) is 10.7. The third-order valence-electron chi connectivity index (χ3n) is 5.27. The minimum Gasteiger partial charge on any atom is -0.378 e. The van der Waals surface area contributed by atoms with Gasteiger partial charge in [0.2, 0.25) is 0 Å². The molecule has 0 aliphatic heterocycles. The average molecular weight is 300 g/mol. The van der Waals surface area contributed by atoms with Crippen LogP contribution in [-0.4, -0.2) is 39.0 Å². The van der Waals surface area contributed by atoms with Crippen molar-refractivity contribution in [1.29, 1.82) is 0 Å². The van der Waals surface area contributed by atoms with E-state index in [1.54, 1.807) is 18.6 Å². The van der Waals surface area contributed by atoms with Gasteiger partial charge in [-0.1, -0.05) is 6.42 Å². The molecule has 2 heterocycles. The van der Waals surface area contributed by atoms with Crippen LogP contribution in [0.2, 0.25) is 0 Å². The van der Waals surface area contributed by atoms with Crippen LogP contribution in [0, 0.1) is 5.41 Å². The summed E-state index contributed by atoms with van der Waals surface area (Å²) in [6.45, 7) is 2.77. The molecule has 0 radical (unpaired) electrons. The van der Waals surface area contributed by atoms with Gasteiger partial charge in [-0.2, -0.15) is 0 Å². The predicted octanol–water partition coefficient (Wildman–Crippen LogP) is 1.81. The van der Waals surface area contributed by atoms with E-state index in [4.69, 9.17) is 4.74 Å². The highest BCUT2D eigenvalue weighted by molar-refractivity contribution is 5.98. The van der Waals surface area contributed by atoms with Crippen LogP contribution in [-0.2, 0) is 4.74 Å². The summed E-state index contributed by atoms with van der Waals surface area (Å²) >= 11 is 0. The SMILES string of the molecule is CCO[C@H]1C[C@@H](NC(=O)c2nccn3ccnc23)C12CCC2. The molecular formula is C16H20N4O2. The maximum absolute atomic E-state index is 12.6. The Morgan fingerprint density at radius 2 is 2.18 bits per heavy atom. The summed E-state index contributed by atoms with van der Waals surface area (Å²) < 4.78 is 7.64. The molecule has 2 aromatic rings. The number of rotatable bonds is 4. The molecule has 6 nitrogen and oxygen atoms in total. The molecule has 0 bridgehead atoms. The Hall–Kier alpha value is -1.95. The Kier molecular flexibility index (Phi) is 3.14. The monoisotopic (exact) mass is 300 g/mol. The molecule has 6 heteroatoms. The molecule has 2 aromatic heterocycles. The summed E-state index contributed by atoms with van der Waals surface area (Å²) in [7, 11) is 0. The highest BCUT2D eigenvalue weighted by Gasteiger charge is 2.59. The van der Waals surface area contributed by atoms with E-state index in [0.717, 1.165) is 25.9 Å². The molecule has 0 saturated heterocycles. The van der Waals surface area contributed by atoms with Crippen molar-refractivity contribution in [1.82, 2.24) is 19.7 Å². The molecule has 1 spiro atoms. The second kappa shape index (κ2) is 5.05. The number of carbonyl (C=O) groups excluding carboxylic acids is 1. The summed E-state index contributed by atoms with van der Waals surface area (Å²) in [5.74, 6) is -0.136. The van der Waals surface area contributed by atoms with Gasteiger partial charge in [-0.05, 0) is 26.2 Å². The van der Waals surface area contributed by atoms with Gasteiger partial charge in [-0.15, -0.1) is 0 Å². The number of imidazole rings is 1. The Morgan fingerprint density at radius 3 is 2.86 bits per heavy atom. The Labute approximate surface area is 128 Å². The fourth-order valence-corrected chi connectivity index (χ4v) is 3.88. The number of carbonyl (C=O) groups is 1. The van der Waals surface area contributed by atoms with Crippen molar-refractivity contribution in [2.24, 2.45) is 5.41 Å². The zero-order valence-electron chi connectivity index (χ0n) is 12.7. The summed E-state index contributed by atoms with van der Waals surface area (Å²) in [6.07, 6.45) is 11.6. The second-order valence-electron chi connectivity index (χ2n) is 6.23. The molecule has 2 fully saturated rings. The first-order valence-corrected chi connectivity index (χ1v) is 7.95. The summed E-state index contributed by atoms with van der Waals surface area (Å²) in [5, 5.41) is 3.16. The van der Waals surface area contributed by atoms with Crippen LogP contribution in [0.4, 0.5) is 0 Å². The molecule has 22 heavy (non-hydrogen) atoms. The van der Waals surface area contributed by atoms with Crippen molar-refractivity contribution in [2.75, 3.05) is 6.61 Å². The lowest BCUT2D eigenvalue weighted by Crippen LogP contribution is -2.67. The lowest BCUT2D eigenvalue weighted by atomic mass is 9.51. The standard InChI is InChI=1S/C16H20N4O2/c1-2-22-12-10-11(16(12)4-3-5-16)19-15(21)13-14-18-7-9-20(14)8-6-17-13/h6-9,11-12H,2-5,10H2,1H3,(H,19,21)/t11-,12+/m1/s1. The summed E-state index contributed by atoms with van der Waals surface area (Å²) in [4.78, 5) is 21.0. The molecular weight excluding hydrogens is 280 g/mol. The first-order valence-electron chi connectivity index (χ1n) is 7.95. The van der Waals surface area contributed by atoms with Crippen molar-refractivity contribution >= 4 is 11.6 Å². The van der Waals surface area contributed by atoms with Crippen molar-refractivity contribution in [2.45, 2.75) is 44.8 Å². The maximum atomic E-state index is 12.6. The van der Waals surface area contributed by atoms with Crippen LogP contribution >= 0.6 is 0 Å². The molecule has 0 aromatic carbocycles. The Morgan fingerprint density at radius 1 is 1.41 bits per heavy atom. The lowest BCUT2D eigenvalue weighted by Gasteiger charge is -2.60. The Balaban J connectivity index is 1.52. The zero-order valence-corrected chi connectivity index (χ0v) is 12.7. The van der Waals surface area contributed by atoms with Gasteiger partial charge >= 0.3 is 0 Å². The molecule has 2 aliphatic carbocycles.